The van der Waals surface area contributed by atoms with Crippen molar-refractivity contribution in [2.24, 2.45) is 0 Å². The Bertz CT molecular complexity index is 1250. The smallest absolute Gasteiger partial charge is 0.187 e. The van der Waals surface area contributed by atoms with E-state index in [-0.39, 0.29) is 18.3 Å². The Hall–Kier alpha value is -3.18. The highest BCUT2D eigenvalue weighted by molar-refractivity contribution is 7.92. The first-order chi connectivity index (χ1) is 13.7. The molecule has 8 heteroatoms. The van der Waals surface area contributed by atoms with Crippen molar-refractivity contribution in [2.75, 3.05) is 0 Å². The van der Waals surface area contributed by atoms with E-state index in [1.807, 2.05) is 43.5 Å². The highest BCUT2D eigenvalue weighted by Crippen LogP contribution is 2.48. The van der Waals surface area contributed by atoms with Crippen LogP contribution in [0.25, 0.3) is 28.2 Å². The Balaban J connectivity index is 1.80. The zero-order valence-electron chi connectivity index (χ0n) is 15.0. The third-order valence-corrected chi connectivity index (χ3v) is 5.37. The number of nitrogens with zero attached hydrogens (tertiary/aromatic N) is 6. The van der Waals surface area contributed by atoms with Crippen LogP contribution >= 0.6 is 12.3 Å². The Morgan fingerprint density at radius 1 is 1.25 bits per heavy atom. The number of aromatic nitrogens is 5. The van der Waals surface area contributed by atoms with E-state index in [9.17, 15) is 9.15 Å². The van der Waals surface area contributed by atoms with Crippen LogP contribution in [0, 0.1) is 18.3 Å². The lowest BCUT2D eigenvalue weighted by molar-refractivity contribution is 0.841. The van der Waals surface area contributed by atoms with Gasteiger partial charge in [-0.3, -0.25) is 9.38 Å². The minimum Gasteiger partial charge on any atom is -0.291 e. The number of aryl methyl sites for hydroxylation is 1. The van der Waals surface area contributed by atoms with E-state index >= 15 is 0 Å². The topological polar surface area (TPSA) is 71.8 Å². The fourth-order valence-electron chi connectivity index (χ4n) is 3.53. The lowest BCUT2D eigenvalue weighted by atomic mass is 10.0. The maximum Gasteiger partial charge on any atom is 0.187 e. The molecular formula is C20H15FN6S. The Labute approximate surface area is 165 Å². The number of fused-ring (bicyclic) bond motifs is 1. The monoisotopic (exact) mass is 390 g/mol. The minimum atomic E-state index is 0.112. The molecule has 0 radical (unpaired) electrons. The van der Waals surface area contributed by atoms with Crippen LogP contribution in [0.3, 0.4) is 0 Å². The summed E-state index contributed by atoms with van der Waals surface area (Å²) in [6.07, 6.45) is 5.44. The van der Waals surface area contributed by atoms with Gasteiger partial charge in [0.15, 0.2) is 12.3 Å². The maximum atomic E-state index is 13.7. The molecule has 28 heavy (non-hydrogen) atoms. The molecule has 0 unspecified atom stereocenters. The molecule has 4 heterocycles. The number of halogens is 1. The standard InChI is InChI=1S/C20H15FN6S/c1-12-3-2-4-16(24-12)19-18(20(13-5-6-13)27(25-19)28-21)14-7-8-17-23-10-15(9-22)26(17)11-14/h2-4,7-8,10-11,13H,5-6H2,1H3. The van der Waals surface area contributed by atoms with Crippen LogP contribution in [0.15, 0.2) is 42.7 Å². The van der Waals surface area contributed by atoms with Crippen LogP contribution in [0.4, 0.5) is 3.89 Å². The van der Waals surface area contributed by atoms with Gasteiger partial charge in [0, 0.05) is 28.9 Å². The van der Waals surface area contributed by atoms with E-state index in [1.165, 1.54) is 4.09 Å². The van der Waals surface area contributed by atoms with Crippen LogP contribution in [0.1, 0.15) is 35.8 Å². The fraction of sp³-hybridized carbons (Fsp3) is 0.200. The fourth-order valence-corrected chi connectivity index (χ4v) is 3.96. The average Bonchev–Trinajstić information content (AvgIpc) is 3.35. The van der Waals surface area contributed by atoms with Gasteiger partial charge >= 0.3 is 0 Å². The van der Waals surface area contributed by atoms with Gasteiger partial charge in [0.25, 0.3) is 0 Å². The van der Waals surface area contributed by atoms with Gasteiger partial charge in [0.2, 0.25) is 0 Å². The summed E-state index contributed by atoms with van der Waals surface area (Å²) in [5, 5.41) is 13.9. The van der Waals surface area contributed by atoms with Gasteiger partial charge in [0.1, 0.15) is 23.1 Å². The maximum absolute atomic E-state index is 13.7. The van der Waals surface area contributed by atoms with E-state index in [2.05, 4.69) is 21.1 Å². The molecule has 1 aliphatic rings. The Morgan fingerprint density at radius 2 is 2.11 bits per heavy atom. The quantitative estimate of drug-likeness (QED) is 0.505. The van der Waals surface area contributed by atoms with Gasteiger partial charge in [-0.25, -0.2) is 4.98 Å². The van der Waals surface area contributed by atoms with E-state index in [1.54, 1.807) is 10.6 Å². The molecule has 1 fully saturated rings. The van der Waals surface area contributed by atoms with Gasteiger partial charge in [-0.05, 0) is 44.0 Å². The molecule has 0 amide bonds. The van der Waals surface area contributed by atoms with Gasteiger partial charge in [0.05, 0.1) is 17.6 Å². The van der Waals surface area contributed by atoms with Crippen LogP contribution in [0.5, 0.6) is 0 Å². The van der Waals surface area contributed by atoms with Gasteiger partial charge in [-0.15, -0.1) is 3.89 Å². The second-order valence-corrected chi connectivity index (χ2v) is 7.37. The Morgan fingerprint density at radius 3 is 2.82 bits per heavy atom. The summed E-state index contributed by atoms with van der Waals surface area (Å²) >= 11 is 0.112. The average molecular weight is 390 g/mol. The molecule has 0 bridgehead atoms. The molecule has 0 spiro atoms. The SMILES string of the molecule is Cc1cccc(-c2nn(SF)c(C3CC3)c2-c2ccc3ncc(C#N)n3c2)n1. The molecular weight excluding hydrogens is 375 g/mol. The molecule has 5 rings (SSSR count). The lowest BCUT2D eigenvalue weighted by Gasteiger charge is -2.08. The third-order valence-electron chi connectivity index (χ3n) is 4.96. The molecule has 1 saturated carbocycles. The van der Waals surface area contributed by atoms with Crippen LogP contribution < -0.4 is 0 Å². The van der Waals surface area contributed by atoms with Crippen molar-refractivity contribution in [3.63, 3.8) is 0 Å². The minimum absolute atomic E-state index is 0.112. The summed E-state index contributed by atoms with van der Waals surface area (Å²) in [5.74, 6) is 0.276. The van der Waals surface area contributed by atoms with Crippen LogP contribution in [-0.2, 0) is 0 Å². The van der Waals surface area contributed by atoms with Crippen molar-refractivity contribution in [3.05, 3.63) is 59.8 Å². The molecule has 4 aromatic rings. The second kappa shape index (κ2) is 6.46. The third kappa shape index (κ3) is 2.67. The van der Waals surface area contributed by atoms with Crippen LogP contribution in [-0.4, -0.2) is 23.6 Å². The zero-order valence-corrected chi connectivity index (χ0v) is 15.8. The van der Waals surface area contributed by atoms with Crippen molar-refractivity contribution in [3.8, 4) is 28.6 Å². The first kappa shape index (κ1) is 17.0. The number of rotatable bonds is 4. The van der Waals surface area contributed by atoms with Crippen molar-refractivity contribution in [1.82, 2.24) is 23.6 Å². The molecule has 138 valence electrons. The molecule has 0 saturated heterocycles. The number of pyridine rings is 2. The molecule has 6 nitrogen and oxygen atoms in total. The molecule has 1 aliphatic carbocycles. The predicted octanol–water partition coefficient (Wildman–Crippen LogP) is 4.70. The highest BCUT2D eigenvalue weighted by atomic mass is 32.2. The number of hydrogen-bond donors (Lipinski definition) is 0. The van der Waals surface area contributed by atoms with E-state index in [0.717, 1.165) is 35.4 Å². The number of hydrogen-bond acceptors (Lipinski definition) is 5. The molecule has 0 atom stereocenters. The molecule has 4 aromatic heterocycles. The van der Waals surface area contributed by atoms with Crippen molar-refractivity contribution >= 4 is 18.0 Å². The first-order valence-electron chi connectivity index (χ1n) is 8.93. The normalized spacial score (nSPS) is 13.8. The molecule has 0 aromatic carbocycles. The molecule has 0 N–H and O–H groups in total. The van der Waals surface area contributed by atoms with E-state index < -0.39 is 0 Å². The second-order valence-electron chi connectivity index (χ2n) is 6.89. The van der Waals surface area contributed by atoms with Gasteiger partial charge in [-0.2, -0.15) is 14.4 Å². The number of imidazole rings is 1. The Kier molecular flexibility index (Phi) is 3.91. The van der Waals surface area contributed by atoms with Crippen molar-refractivity contribution in [2.45, 2.75) is 25.7 Å². The predicted molar refractivity (Wildman–Crippen MR) is 105 cm³/mol. The summed E-state index contributed by atoms with van der Waals surface area (Å²) in [6, 6.07) is 11.7. The van der Waals surface area contributed by atoms with E-state index in [0.29, 0.717) is 22.7 Å². The van der Waals surface area contributed by atoms with Crippen LogP contribution in [0.2, 0.25) is 0 Å². The largest absolute Gasteiger partial charge is 0.291 e. The van der Waals surface area contributed by atoms with Gasteiger partial charge in [-0.1, -0.05) is 6.07 Å². The number of nitriles is 1. The van der Waals surface area contributed by atoms with Crippen molar-refractivity contribution in [1.29, 1.82) is 5.26 Å². The van der Waals surface area contributed by atoms with Crippen molar-refractivity contribution < 1.29 is 3.89 Å². The van der Waals surface area contributed by atoms with E-state index in [4.69, 9.17) is 0 Å². The van der Waals surface area contributed by atoms with Gasteiger partial charge < -0.3 is 0 Å². The molecule has 0 aliphatic heterocycles. The summed E-state index contributed by atoms with van der Waals surface area (Å²) in [6.45, 7) is 1.92. The zero-order chi connectivity index (χ0) is 19.3. The summed E-state index contributed by atoms with van der Waals surface area (Å²) < 4.78 is 16.9. The summed E-state index contributed by atoms with van der Waals surface area (Å²) in [7, 11) is 0. The highest BCUT2D eigenvalue weighted by Gasteiger charge is 2.34. The summed E-state index contributed by atoms with van der Waals surface area (Å²) in [4.78, 5) is 8.86. The summed E-state index contributed by atoms with van der Waals surface area (Å²) in [5.41, 5.74) is 5.96. The first-order valence-corrected chi connectivity index (χ1v) is 9.60. The lowest BCUT2D eigenvalue weighted by Crippen LogP contribution is -1.95.